The smallest absolute Gasteiger partial charge is 0.174 e. The van der Waals surface area contributed by atoms with E-state index in [9.17, 15) is 0 Å². The van der Waals surface area contributed by atoms with E-state index in [1.165, 1.54) is 5.56 Å². The van der Waals surface area contributed by atoms with E-state index in [4.69, 9.17) is 17.0 Å². The second-order valence-corrected chi connectivity index (χ2v) is 5.24. The third-order valence-electron chi connectivity index (χ3n) is 3.23. The van der Waals surface area contributed by atoms with Crippen molar-refractivity contribution in [2.75, 3.05) is 7.11 Å². The van der Waals surface area contributed by atoms with Crippen LogP contribution in [0.25, 0.3) is 0 Å². The number of H-pyrrole nitrogens is 2. The number of hydrogen-bond acceptors (Lipinski definition) is 3. The summed E-state index contributed by atoms with van der Waals surface area (Å²) in [4.78, 5) is 10.5. The Morgan fingerprint density at radius 2 is 2.10 bits per heavy atom. The summed E-state index contributed by atoms with van der Waals surface area (Å²) in [5.41, 5.74) is 3.25. The van der Waals surface area contributed by atoms with Crippen molar-refractivity contribution in [3.05, 3.63) is 64.7 Å². The van der Waals surface area contributed by atoms with Crippen molar-refractivity contribution in [2.45, 2.75) is 13.0 Å². The Hall–Kier alpha value is -2.34. The molecule has 2 N–H and O–H groups in total. The Morgan fingerprint density at radius 1 is 1.29 bits per heavy atom. The fourth-order valence-electron chi connectivity index (χ4n) is 2.19. The van der Waals surface area contributed by atoms with Gasteiger partial charge in [-0.3, -0.25) is 0 Å². The standard InChI is InChI=1S/C15H16N4OS/c1-20-14-4-2-11(3-5-14)8-19-9-13(17-10-19)6-12-7-16-15(21)18-12/h2-5,7,9-10H,6,8H2,1H3,(H2,16,18,21). The van der Waals surface area contributed by atoms with E-state index in [2.05, 4.69) is 31.7 Å². The van der Waals surface area contributed by atoms with Crippen molar-refractivity contribution in [3.63, 3.8) is 0 Å². The first-order chi connectivity index (χ1) is 10.2. The first kappa shape index (κ1) is 13.6. The minimum absolute atomic E-state index is 0.641. The highest BCUT2D eigenvalue weighted by Gasteiger charge is 2.03. The number of aromatic amines is 2. The predicted octanol–water partition coefficient (Wildman–Crippen LogP) is 2.92. The lowest BCUT2D eigenvalue weighted by atomic mass is 10.2. The monoisotopic (exact) mass is 300 g/mol. The predicted molar refractivity (Wildman–Crippen MR) is 83.1 cm³/mol. The first-order valence-corrected chi connectivity index (χ1v) is 7.04. The van der Waals surface area contributed by atoms with Crippen LogP contribution in [0.1, 0.15) is 17.0 Å². The molecular formula is C15H16N4OS. The summed E-state index contributed by atoms with van der Waals surface area (Å²) in [7, 11) is 1.67. The highest BCUT2D eigenvalue weighted by molar-refractivity contribution is 7.71. The molecule has 2 aromatic heterocycles. The normalized spacial score (nSPS) is 10.7. The van der Waals surface area contributed by atoms with E-state index in [0.29, 0.717) is 4.77 Å². The summed E-state index contributed by atoms with van der Waals surface area (Å²) in [6.45, 7) is 0.792. The number of ether oxygens (including phenoxy) is 1. The van der Waals surface area contributed by atoms with E-state index in [0.717, 1.165) is 30.1 Å². The maximum absolute atomic E-state index is 5.16. The molecule has 1 aromatic carbocycles. The molecule has 3 aromatic rings. The number of hydrogen-bond donors (Lipinski definition) is 2. The quantitative estimate of drug-likeness (QED) is 0.712. The molecule has 0 bridgehead atoms. The van der Waals surface area contributed by atoms with Gasteiger partial charge in [0, 0.05) is 31.1 Å². The SMILES string of the molecule is COc1ccc(Cn2cnc(Cc3c[nH]c(=S)[nH]3)c2)cc1. The minimum Gasteiger partial charge on any atom is -0.497 e. The van der Waals surface area contributed by atoms with Gasteiger partial charge in [0.15, 0.2) is 4.77 Å². The fourth-order valence-corrected chi connectivity index (χ4v) is 2.38. The van der Waals surface area contributed by atoms with Crippen LogP contribution < -0.4 is 4.74 Å². The second-order valence-electron chi connectivity index (χ2n) is 4.83. The van der Waals surface area contributed by atoms with Crippen molar-refractivity contribution < 1.29 is 4.74 Å². The number of benzene rings is 1. The number of rotatable bonds is 5. The zero-order valence-electron chi connectivity index (χ0n) is 11.7. The first-order valence-electron chi connectivity index (χ1n) is 6.63. The lowest BCUT2D eigenvalue weighted by molar-refractivity contribution is 0.414. The average Bonchev–Trinajstić information content (AvgIpc) is 3.09. The van der Waals surface area contributed by atoms with Crippen molar-refractivity contribution in [1.29, 1.82) is 0 Å². The van der Waals surface area contributed by atoms with Gasteiger partial charge in [0.25, 0.3) is 0 Å². The van der Waals surface area contributed by atoms with Gasteiger partial charge in [0.05, 0.1) is 19.1 Å². The molecule has 0 aliphatic carbocycles. The van der Waals surface area contributed by atoms with Gasteiger partial charge in [0.2, 0.25) is 0 Å². The summed E-state index contributed by atoms with van der Waals surface area (Å²) in [6, 6.07) is 8.05. The average molecular weight is 300 g/mol. The Kier molecular flexibility index (Phi) is 3.87. The molecule has 21 heavy (non-hydrogen) atoms. The Morgan fingerprint density at radius 3 is 2.76 bits per heavy atom. The second kappa shape index (κ2) is 5.97. The summed E-state index contributed by atoms with van der Waals surface area (Å²) < 4.78 is 7.87. The molecule has 108 valence electrons. The van der Waals surface area contributed by atoms with Crippen LogP contribution in [0.2, 0.25) is 0 Å². The Balaban J connectivity index is 1.68. The van der Waals surface area contributed by atoms with Crippen LogP contribution in [0.3, 0.4) is 0 Å². The van der Waals surface area contributed by atoms with Gasteiger partial charge in [-0.2, -0.15) is 0 Å². The highest BCUT2D eigenvalue weighted by Crippen LogP contribution is 2.13. The zero-order chi connectivity index (χ0) is 14.7. The van der Waals surface area contributed by atoms with Gasteiger partial charge in [-0.15, -0.1) is 0 Å². The lowest BCUT2D eigenvalue weighted by Gasteiger charge is -2.04. The summed E-state index contributed by atoms with van der Waals surface area (Å²) in [5, 5.41) is 0. The van der Waals surface area contributed by atoms with Crippen LogP contribution in [-0.2, 0) is 13.0 Å². The molecule has 0 aliphatic heterocycles. The summed E-state index contributed by atoms with van der Waals surface area (Å²) >= 11 is 5.01. The number of methoxy groups -OCH3 is 1. The maximum Gasteiger partial charge on any atom is 0.174 e. The van der Waals surface area contributed by atoms with Crippen molar-refractivity contribution >= 4 is 12.2 Å². The van der Waals surface area contributed by atoms with Crippen molar-refractivity contribution in [2.24, 2.45) is 0 Å². The minimum atomic E-state index is 0.641. The molecule has 5 nitrogen and oxygen atoms in total. The molecule has 3 rings (SSSR count). The summed E-state index contributed by atoms with van der Waals surface area (Å²) in [6.07, 6.45) is 6.52. The maximum atomic E-state index is 5.16. The molecule has 2 heterocycles. The van der Waals surface area contributed by atoms with Crippen LogP contribution in [0, 0.1) is 4.77 Å². The van der Waals surface area contributed by atoms with E-state index in [1.54, 1.807) is 7.11 Å². The van der Waals surface area contributed by atoms with Gasteiger partial charge < -0.3 is 19.3 Å². The van der Waals surface area contributed by atoms with E-state index >= 15 is 0 Å². The van der Waals surface area contributed by atoms with E-state index in [-0.39, 0.29) is 0 Å². The molecule has 0 saturated heterocycles. The van der Waals surface area contributed by atoms with Gasteiger partial charge in [0.1, 0.15) is 5.75 Å². The third kappa shape index (κ3) is 3.41. The fraction of sp³-hybridized carbons (Fsp3) is 0.200. The molecule has 0 aliphatic rings. The van der Waals surface area contributed by atoms with Gasteiger partial charge in [-0.05, 0) is 29.9 Å². The number of nitrogens with zero attached hydrogens (tertiary/aromatic N) is 2. The largest absolute Gasteiger partial charge is 0.497 e. The number of nitrogens with one attached hydrogen (secondary N) is 2. The van der Waals surface area contributed by atoms with Crippen LogP contribution in [0.15, 0.2) is 43.0 Å². The Bertz CT molecular complexity index is 769. The third-order valence-corrected chi connectivity index (χ3v) is 3.45. The molecule has 6 heteroatoms. The zero-order valence-corrected chi connectivity index (χ0v) is 12.5. The van der Waals surface area contributed by atoms with Crippen molar-refractivity contribution in [1.82, 2.24) is 19.5 Å². The van der Waals surface area contributed by atoms with Crippen LogP contribution in [0.5, 0.6) is 5.75 Å². The number of imidazole rings is 2. The van der Waals surface area contributed by atoms with E-state index in [1.807, 2.05) is 30.9 Å². The molecule has 0 amide bonds. The molecule has 0 saturated carbocycles. The van der Waals surface area contributed by atoms with Crippen LogP contribution in [0.4, 0.5) is 0 Å². The Labute approximate surface area is 127 Å². The van der Waals surface area contributed by atoms with E-state index < -0.39 is 0 Å². The van der Waals surface area contributed by atoms with Crippen LogP contribution in [-0.4, -0.2) is 26.6 Å². The summed E-state index contributed by atoms with van der Waals surface area (Å²) in [5.74, 6) is 0.868. The van der Waals surface area contributed by atoms with Gasteiger partial charge in [-0.1, -0.05) is 12.1 Å². The lowest BCUT2D eigenvalue weighted by Crippen LogP contribution is -1.96. The van der Waals surface area contributed by atoms with Gasteiger partial charge in [-0.25, -0.2) is 4.98 Å². The van der Waals surface area contributed by atoms with Crippen molar-refractivity contribution in [3.8, 4) is 5.75 Å². The van der Waals surface area contributed by atoms with Gasteiger partial charge >= 0.3 is 0 Å². The molecule has 0 radical (unpaired) electrons. The molecule has 0 fully saturated rings. The molecule has 0 atom stereocenters. The van der Waals surface area contributed by atoms with Crippen LogP contribution >= 0.6 is 12.2 Å². The molecule has 0 spiro atoms. The highest BCUT2D eigenvalue weighted by atomic mass is 32.1. The number of aromatic nitrogens is 4. The molecular weight excluding hydrogens is 284 g/mol. The molecule has 0 unspecified atom stereocenters. The topological polar surface area (TPSA) is 58.6 Å².